The zero-order valence-corrected chi connectivity index (χ0v) is 6.80. The van der Waals surface area contributed by atoms with Crippen LogP contribution in [0.3, 0.4) is 0 Å². The molecule has 0 saturated heterocycles. The fourth-order valence-corrected chi connectivity index (χ4v) is 1.22. The number of aromatic nitrogens is 2. The Kier molecular flexibility index (Phi) is 1.63. The minimum atomic E-state index is -1.24. The van der Waals surface area contributed by atoms with Crippen molar-refractivity contribution in [3.63, 3.8) is 0 Å². The average Bonchev–Trinajstić information content (AvgIpc) is 2.45. The number of hydrogen-bond acceptors (Lipinski definition) is 2. The van der Waals surface area contributed by atoms with Gasteiger partial charge in [-0.05, 0) is 12.1 Å². The second kappa shape index (κ2) is 2.69. The van der Waals surface area contributed by atoms with Crippen LogP contribution in [0.5, 0.6) is 0 Å². The van der Waals surface area contributed by atoms with Gasteiger partial charge in [-0.25, -0.2) is 14.0 Å². The van der Waals surface area contributed by atoms with Gasteiger partial charge in [0.2, 0.25) is 0 Å². The van der Waals surface area contributed by atoms with Crippen LogP contribution in [0.2, 0.25) is 0 Å². The maximum Gasteiger partial charge on any atom is 0.335 e. The molecule has 6 heteroatoms. The van der Waals surface area contributed by atoms with E-state index < -0.39 is 17.5 Å². The van der Waals surface area contributed by atoms with Crippen LogP contribution in [0, 0.1) is 5.82 Å². The number of carboxylic acid groups (broad SMARTS) is 1. The van der Waals surface area contributed by atoms with Crippen LogP contribution >= 0.6 is 0 Å². The highest BCUT2D eigenvalue weighted by molar-refractivity contribution is 5.92. The molecule has 72 valence electrons. The molecule has 0 unspecified atom stereocenters. The monoisotopic (exact) mass is 196 g/mol. The molecule has 1 heterocycles. The Morgan fingerprint density at radius 2 is 2.07 bits per heavy atom. The maximum absolute atomic E-state index is 13.2. The number of aromatic carboxylic acids is 1. The molecular weight excluding hydrogens is 191 g/mol. The molecule has 0 atom stereocenters. The lowest BCUT2D eigenvalue weighted by Crippen LogP contribution is -1.99. The van der Waals surface area contributed by atoms with Crippen molar-refractivity contribution < 1.29 is 14.3 Å². The Labute approximate surface area is 76.2 Å². The van der Waals surface area contributed by atoms with Crippen molar-refractivity contribution in [2.24, 2.45) is 0 Å². The number of imidazole rings is 1. The smallest absolute Gasteiger partial charge is 0.335 e. The summed E-state index contributed by atoms with van der Waals surface area (Å²) in [6.07, 6.45) is 0. The van der Waals surface area contributed by atoms with Gasteiger partial charge in [0.1, 0.15) is 11.3 Å². The molecular formula is C8H5FN2O3. The molecule has 3 N–H and O–H groups in total. The van der Waals surface area contributed by atoms with Crippen LogP contribution < -0.4 is 5.69 Å². The Hall–Kier alpha value is -2.11. The van der Waals surface area contributed by atoms with Crippen LogP contribution in [0.1, 0.15) is 10.4 Å². The number of fused-ring (bicyclic) bond motifs is 1. The Bertz CT molecular complexity index is 569. The molecule has 0 spiro atoms. The second-order valence-electron chi connectivity index (χ2n) is 2.76. The second-order valence-corrected chi connectivity index (χ2v) is 2.76. The minimum absolute atomic E-state index is 0.0139. The molecule has 5 nitrogen and oxygen atoms in total. The van der Waals surface area contributed by atoms with Crippen molar-refractivity contribution in [2.75, 3.05) is 0 Å². The topological polar surface area (TPSA) is 85.9 Å². The Morgan fingerprint density at radius 3 is 2.71 bits per heavy atom. The van der Waals surface area contributed by atoms with Gasteiger partial charge in [-0.3, -0.25) is 0 Å². The molecule has 0 saturated carbocycles. The lowest BCUT2D eigenvalue weighted by atomic mass is 10.2. The lowest BCUT2D eigenvalue weighted by molar-refractivity contribution is 0.0696. The molecule has 0 amide bonds. The standard InChI is InChI=1S/C8H5FN2O3/c9-4-1-3(7(12)13)2-5-6(4)11-8(14)10-5/h1-2H,(H,12,13)(H2,10,11,14). The molecule has 14 heavy (non-hydrogen) atoms. The first-order valence-electron chi connectivity index (χ1n) is 3.73. The quantitative estimate of drug-likeness (QED) is 0.627. The predicted octanol–water partition coefficient (Wildman–Crippen LogP) is 0.694. The third-order valence-corrected chi connectivity index (χ3v) is 1.82. The maximum atomic E-state index is 13.2. The van der Waals surface area contributed by atoms with E-state index in [9.17, 15) is 14.0 Å². The van der Waals surface area contributed by atoms with E-state index in [1.54, 1.807) is 0 Å². The third-order valence-electron chi connectivity index (χ3n) is 1.82. The highest BCUT2D eigenvalue weighted by atomic mass is 19.1. The van der Waals surface area contributed by atoms with Gasteiger partial charge in [0.05, 0.1) is 11.1 Å². The predicted molar refractivity (Wildman–Crippen MR) is 45.8 cm³/mol. The summed E-state index contributed by atoms with van der Waals surface area (Å²) in [5.74, 6) is -2.01. The number of aromatic amines is 2. The van der Waals surface area contributed by atoms with Crippen LogP contribution in [0.15, 0.2) is 16.9 Å². The van der Waals surface area contributed by atoms with Gasteiger partial charge in [-0.2, -0.15) is 0 Å². The summed E-state index contributed by atoms with van der Waals surface area (Å²) in [5.41, 5.74) is -0.640. The van der Waals surface area contributed by atoms with E-state index in [0.29, 0.717) is 0 Å². The van der Waals surface area contributed by atoms with Gasteiger partial charge < -0.3 is 15.1 Å². The number of nitrogens with one attached hydrogen (secondary N) is 2. The first kappa shape index (κ1) is 8.49. The first-order valence-corrected chi connectivity index (χ1v) is 3.73. The molecule has 2 rings (SSSR count). The number of carboxylic acids is 1. The van der Waals surface area contributed by atoms with Crippen molar-refractivity contribution in [3.8, 4) is 0 Å². The van der Waals surface area contributed by atoms with E-state index in [1.807, 2.05) is 0 Å². The number of carbonyl (C=O) groups is 1. The molecule has 1 aromatic carbocycles. The van der Waals surface area contributed by atoms with Crippen molar-refractivity contribution in [1.82, 2.24) is 9.97 Å². The molecule has 0 aliphatic heterocycles. The molecule has 0 aliphatic rings. The Morgan fingerprint density at radius 1 is 1.36 bits per heavy atom. The van der Waals surface area contributed by atoms with E-state index >= 15 is 0 Å². The van der Waals surface area contributed by atoms with E-state index in [0.717, 1.165) is 6.07 Å². The third kappa shape index (κ3) is 1.17. The van der Waals surface area contributed by atoms with E-state index in [2.05, 4.69) is 9.97 Å². The zero-order chi connectivity index (χ0) is 10.3. The minimum Gasteiger partial charge on any atom is -0.478 e. The van der Waals surface area contributed by atoms with E-state index in [1.165, 1.54) is 6.07 Å². The molecule has 2 aromatic rings. The van der Waals surface area contributed by atoms with Crippen molar-refractivity contribution in [2.45, 2.75) is 0 Å². The van der Waals surface area contributed by atoms with Crippen molar-refractivity contribution in [3.05, 3.63) is 34.0 Å². The van der Waals surface area contributed by atoms with Crippen LogP contribution in [0.25, 0.3) is 11.0 Å². The van der Waals surface area contributed by atoms with E-state index in [-0.39, 0.29) is 16.6 Å². The highest BCUT2D eigenvalue weighted by Crippen LogP contribution is 2.14. The van der Waals surface area contributed by atoms with Gasteiger partial charge in [0.25, 0.3) is 0 Å². The van der Waals surface area contributed by atoms with Gasteiger partial charge in [0, 0.05) is 0 Å². The summed E-state index contributed by atoms with van der Waals surface area (Å²) in [4.78, 5) is 25.8. The zero-order valence-electron chi connectivity index (χ0n) is 6.80. The van der Waals surface area contributed by atoms with Gasteiger partial charge in [-0.15, -0.1) is 0 Å². The number of halogens is 1. The molecule has 0 bridgehead atoms. The van der Waals surface area contributed by atoms with Crippen LogP contribution in [-0.4, -0.2) is 21.0 Å². The number of benzene rings is 1. The van der Waals surface area contributed by atoms with Gasteiger partial charge >= 0.3 is 11.7 Å². The van der Waals surface area contributed by atoms with Crippen LogP contribution in [0.4, 0.5) is 4.39 Å². The molecule has 0 radical (unpaired) electrons. The summed E-state index contributed by atoms with van der Waals surface area (Å²) >= 11 is 0. The van der Waals surface area contributed by atoms with Gasteiger partial charge in [0.15, 0.2) is 0 Å². The Balaban J connectivity index is 2.84. The fourth-order valence-electron chi connectivity index (χ4n) is 1.22. The van der Waals surface area contributed by atoms with Crippen molar-refractivity contribution >= 4 is 17.0 Å². The van der Waals surface area contributed by atoms with Crippen LogP contribution in [-0.2, 0) is 0 Å². The molecule has 0 fully saturated rings. The largest absolute Gasteiger partial charge is 0.478 e. The summed E-state index contributed by atoms with van der Waals surface area (Å²) < 4.78 is 13.2. The normalized spacial score (nSPS) is 10.6. The SMILES string of the molecule is O=C(O)c1cc(F)c2[nH]c(=O)[nH]c2c1. The first-order chi connectivity index (χ1) is 6.58. The summed E-state index contributed by atoms with van der Waals surface area (Å²) in [5, 5.41) is 8.61. The molecule has 0 aliphatic carbocycles. The lowest BCUT2D eigenvalue weighted by Gasteiger charge is -1.95. The summed E-state index contributed by atoms with van der Waals surface area (Å²) in [6.45, 7) is 0. The molecule has 1 aromatic heterocycles. The van der Waals surface area contributed by atoms with Gasteiger partial charge in [-0.1, -0.05) is 0 Å². The number of hydrogen-bond donors (Lipinski definition) is 3. The fraction of sp³-hybridized carbons (Fsp3) is 0. The summed E-state index contributed by atoms with van der Waals surface area (Å²) in [7, 11) is 0. The number of rotatable bonds is 1. The van der Waals surface area contributed by atoms with Crippen molar-refractivity contribution in [1.29, 1.82) is 0 Å². The summed E-state index contributed by atoms with van der Waals surface area (Å²) in [6, 6.07) is 2.05. The number of H-pyrrole nitrogens is 2. The van der Waals surface area contributed by atoms with E-state index in [4.69, 9.17) is 5.11 Å². The highest BCUT2D eigenvalue weighted by Gasteiger charge is 2.10. The average molecular weight is 196 g/mol.